The summed E-state index contributed by atoms with van der Waals surface area (Å²) in [4.78, 5) is 0. The maximum Gasteiger partial charge on any atom is 0.141 e. The summed E-state index contributed by atoms with van der Waals surface area (Å²) in [6.45, 7) is 5.90. The van der Waals surface area contributed by atoms with E-state index in [0.717, 1.165) is 5.56 Å². The molecule has 0 aliphatic rings. The average Bonchev–Trinajstić information content (AvgIpc) is 2.15. The maximum absolute atomic E-state index is 12.6. The minimum atomic E-state index is -0.375. The van der Waals surface area contributed by atoms with Gasteiger partial charge in [-0.25, -0.2) is 4.39 Å². The van der Waals surface area contributed by atoms with E-state index in [2.05, 4.69) is 0 Å². The molecule has 0 heterocycles. The van der Waals surface area contributed by atoms with Crippen LogP contribution in [0.4, 0.5) is 4.39 Å². The van der Waals surface area contributed by atoms with Crippen LogP contribution >= 0.6 is 11.6 Å². The Balaban J connectivity index is 0.000000671. The van der Waals surface area contributed by atoms with Crippen LogP contribution in [0.1, 0.15) is 26.3 Å². The highest BCUT2D eigenvalue weighted by molar-refractivity contribution is 6.30. The van der Waals surface area contributed by atoms with Gasteiger partial charge in [0.05, 0.1) is 5.02 Å². The van der Waals surface area contributed by atoms with E-state index in [0.29, 0.717) is 0 Å². The minimum Gasteiger partial charge on any atom is -0.205 e. The zero-order valence-electron chi connectivity index (χ0n) is 8.14. The Labute approximate surface area is 84.0 Å². The van der Waals surface area contributed by atoms with Crippen molar-refractivity contribution in [1.29, 1.82) is 0 Å². The van der Waals surface area contributed by atoms with E-state index in [1.807, 2.05) is 32.9 Å². The minimum absolute atomic E-state index is 0.167. The summed E-state index contributed by atoms with van der Waals surface area (Å²) in [6.07, 6.45) is 3.74. The number of halogens is 2. The smallest absolute Gasteiger partial charge is 0.141 e. The summed E-state index contributed by atoms with van der Waals surface area (Å²) in [6, 6.07) is 4.63. The molecule has 0 N–H and O–H groups in total. The van der Waals surface area contributed by atoms with Crippen molar-refractivity contribution >= 4 is 17.7 Å². The fraction of sp³-hybridized carbons (Fsp3) is 0.273. The van der Waals surface area contributed by atoms with E-state index >= 15 is 0 Å². The summed E-state index contributed by atoms with van der Waals surface area (Å²) >= 11 is 5.54. The summed E-state index contributed by atoms with van der Waals surface area (Å²) < 4.78 is 12.6. The summed E-state index contributed by atoms with van der Waals surface area (Å²) in [5.41, 5.74) is 0.916. The Kier molecular flexibility index (Phi) is 6.25. The number of benzene rings is 1. The quantitative estimate of drug-likeness (QED) is 0.625. The lowest BCUT2D eigenvalue weighted by molar-refractivity contribution is 0.628. The molecule has 1 rings (SSSR count). The molecule has 1 aromatic rings. The zero-order valence-corrected chi connectivity index (χ0v) is 8.90. The lowest BCUT2D eigenvalue weighted by Crippen LogP contribution is -1.77. The van der Waals surface area contributed by atoms with E-state index in [1.165, 1.54) is 6.07 Å². The van der Waals surface area contributed by atoms with Crippen LogP contribution in [0.15, 0.2) is 24.3 Å². The van der Waals surface area contributed by atoms with Crippen molar-refractivity contribution in [3.05, 3.63) is 40.7 Å². The topological polar surface area (TPSA) is 0 Å². The Hall–Kier alpha value is -0.820. The van der Waals surface area contributed by atoms with Crippen LogP contribution in [0, 0.1) is 5.82 Å². The van der Waals surface area contributed by atoms with Gasteiger partial charge in [0.15, 0.2) is 0 Å². The maximum atomic E-state index is 12.6. The van der Waals surface area contributed by atoms with Gasteiger partial charge in [-0.3, -0.25) is 0 Å². The van der Waals surface area contributed by atoms with Crippen molar-refractivity contribution in [3.63, 3.8) is 0 Å². The molecule has 0 bridgehead atoms. The first-order chi connectivity index (χ1) is 6.24. The molecule has 0 saturated carbocycles. The number of rotatable bonds is 1. The molecule has 0 unspecified atom stereocenters. The SMILES string of the molecule is C/C=C/c1ccc(F)c(Cl)c1.CC. The highest BCUT2D eigenvalue weighted by Crippen LogP contribution is 2.16. The normalized spacial score (nSPS) is 9.62. The molecule has 2 heteroatoms. The van der Waals surface area contributed by atoms with Crippen molar-refractivity contribution in [2.24, 2.45) is 0 Å². The molecule has 0 spiro atoms. The predicted octanol–water partition coefficient (Wildman–Crippen LogP) is 4.54. The lowest BCUT2D eigenvalue weighted by Gasteiger charge is -1.94. The molecule has 0 aliphatic carbocycles. The number of hydrogen-bond donors (Lipinski definition) is 0. The second-order valence-electron chi connectivity index (χ2n) is 2.17. The molecule has 0 fully saturated rings. The van der Waals surface area contributed by atoms with Crippen molar-refractivity contribution in [3.8, 4) is 0 Å². The van der Waals surface area contributed by atoms with E-state index < -0.39 is 0 Å². The first-order valence-corrected chi connectivity index (χ1v) is 4.69. The number of hydrogen-bond acceptors (Lipinski definition) is 0. The molecule has 0 aromatic heterocycles. The van der Waals surface area contributed by atoms with Gasteiger partial charge in [-0.1, -0.05) is 43.7 Å². The van der Waals surface area contributed by atoms with Crippen LogP contribution in [0.25, 0.3) is 6.08 Å². The van der Waals surface area contributed by atoms with Crippen LogP contribution in [0.5, 0.6) is 0 Å². The Morgan fingerprint density at radius 3 is 2.38 bits per heavy atom. The van der Waals surface area contributed by atoms with Crippen LogP contribution in [-0.2, 0) is 0 Å². The van der Waals surface area contributed by atoms with Crippen LogP contribution < -0.4 is 0 Å². The van der Waals surface area contributed by atoms with Gasteiger partial charge >= 0.3 is 0 Å². The highest BCUT2D eigenvalue weighted by Gasteiger charge is 1.96. The third-order valence-electron chi connectivity index (χ3n) is 1.30. The average molecular weight is 201 g/mol. The van der Waals surface area contributed by atoms with Crippen LogP contribution in [-0.4, -0.2) is 0 Å². The fourth-order valence-electron chi connectivity index (χ4n) is 0.809. The Morgan fingerprint density at radius 2 is 1.92 bits per heavy atom. The summed E-state index contributed by atoms with van der Waals surface area (Å²) in [7, 11) is 0. The molecular formula is C11H14ClF. The van der Waals surface area contributed by atoms with E-state index in [1.54, 1.807) is 12.1 Å². The Bertz CT molecular complexity index is 279. The third-order valence-corrected chi connectivity index (χ3v) is 1.59. The number of allylic oxidation sites excluding steroid dienone is 1. The third kappa shape index (κ3) is 4.09. The molecule has 72 valence electrons. The van der Waals surface area contributed by atoms with E-state index in [-0.39, 0.29) is 10.8 Å². The van der Waals surface area contributed by atoms with Gasteiger partial charge in [0.2, 0.25) is 0 Å². The van der Waals surface area contributed by atoms with E-state index in [9.17, 15) is 4.39 Å². The van der Waals surface area contributed by atoms with Crippen molar-refractivity contribution in [2.75, 3.05) is 0 Å². The summed E-state index contributed by atoms with van der Waals surface area (Å²) in [5, 5.41) is 0.167. The van der Waals surface area contributed by atoms with Crippen molar-refractivity contribution in [2.45, 2.75) is 20.8 Å². The second-order valence-corrected chi connectivity index (χ2v) is 2.58. The van der Waals surface area contributed by atoms with Gasteiger partial charge in [0.25, 0.3) is 0 Å². The molecule has 0 nitrogen and oxygen atoms in total. The molecule has 0 aliphatic heterocycles. The zero-order chi connectivity index (χ0) is 10.3. The van der Waals surface area contributed by atoms with Gasteiger partial charge in [-0.05, 0) is 24.6 Å². The fourth-order valence-corrected chi connectivity index (χ4v) is 0.997. The Morgan fingerprint density at radius 1 is 1.31 bits per heavy atom. The first kappa shape index (κ1) is 12.2. The molecule has 0 atom stereocenters. The van der Waals surface area contributed by atoms with E-state index in [4.69, 9.17) is 11.6 Å². The summed E-state index contributed by atoms with van der Waals surface area (Å²) in [5.74, 6) is -0.375. The molecule has 13 heavy (non-hydrogen) atoms. The molecule has 0 radical (unpaired) electrons. The first-order valence-electron chi connectivity index (χ1n) is 4.32. The van der Waals surface area contributed by atoms with Gasteiger partial charge in [-0.2, -0.15) is 0 Å². The molecule has 0 amide bonds. The second kappa shape index (κ2) is 6.67. The standard InChI is InChI=1S/C9H8ClF.C2H6/c1-2-3-7-4-5-9(11)8(10)6-7;1-2/h2-6H,1H3;1-2H3/b3-2+;. The van der Waals surface area contributed by atoms with Gasteiger partial charge in [0.1, 0.15) is 5.82 Å². The predicted molar refractivity (Wildman–Crippen MR) is 57.5 cm³/mol. The van der Waals surface area contributed by atoms with Crippen LogP contribution in [0.3, 0.4) is 0 Å². The highest BCUT2D eigenvalue weighted by atomic mass is 35.5. The molecule has 1 aromatic carbocycles. The van der Waals surface area contributed by atoms with Crippen molar-refractivity contribution < 1.29 is 4.39 Å². The lowest BCUT2D eigenvalue weighted by atomic mass is 10.2. The monoisotopic (exact) mass is 200 g/mol. The van der Waals surface area contributed by atoms with Crippen LogP contribution in [0.2, 0.25) is 5.02 Å². The van der Waals surface area contributed by atoms with Crippen molar-refractivity contribution in [1.82, 2.24) is 0 Å². The molecule has 0 saturated heterocycles. The van der Waals surface area contributed by atoms with Gasteiger partial charge in [0, 0.05) is 0 Å². The largest absolute Gasteiger partial charge is 0.205 e. The van der Waals surface area contributed by atoms with Gasteiger partial charge < -0.3 is 0 Å². The molecular weight excluding hydrogens is 187 g/mol. The van der Waals surface area contributed by atoms with Gasteiger partial charge in [-0.15, -0.1) is 0 Å².